The van der Waals surface area contributed by atoms with Crippen LogP contribution < -0.4 is 5.32 Å². The molecule has 2 rings (SSSR count). The normalized spacial score (nSPS) is 12.2. The van der Waals surface area contributed by atoms with Crippen LogP contribution in [0.25, 0.3) is 0 Å². The number of hydrogen-bond donors (Lipinski definition) is 1. The maximum absolute atomic E-state index is 13.1. The van der Waals surface area contributed by atoms with Gasteiger partial charge in [-0.05, 0) is 31.5 Å². The lowest BCUT2D eigenvalue weighted by Crippen LogP contribution is -2.28. The van der Waals surface area contributed by atoms with Crippen LogP contribution in [-0.2, 0) is 11.2 Å². The minimum absolute atomic E-state index is 0.179. The summed E-state index contributed by atoms with van der Waals surface area (Å²) in [5.74, 6) is -2.02. The van der Waals surface area contributed by atoms with Gasteiger partial charge in [-0.2, -0.15) is 0 Å². The third-order valence-electron chi connectivity index (χ3n) is 2.83. The number of hydrogen-bond acceptors (Lipinski definition) is 3. The van der Waals surface area contributed by atoms with Crippen LogP contribution >= 0.6 is 11.3 Å². The van der Waals surface area contributed by atoms with Crippen LogP contribution in [0.15, 0.2) is 23.6 Å². The van der Waals surface area contributed by atoms with Crippen LogP contribution in [0.2, 0.25) is 0 Å². The molecule has 3 nitrogen and oxygen atoms in total. The summed E-state index contributed by atoms with van der Waals surface area (Å²) >= 11 is 1.48. The SMILES string of the molecule is Cc1nc(CC(=O)NC(C)c2ccc(F)c(F)c2)cs1. The van der Waals surface area contributed by atoms with Crippen molar-refractivity contribution in [2.45, 2.75) is 26.3 Å². The van der Waals surface area contributed by atoms with E-state index in [2.05, 4.69) is 10.3 Å². The first-order valence-electron chi connectivity index (χ1n) is 6.11. The molecule has 0 fully saturated rings. The Morgan fingerprint density at radius 3 is 2.75 bits per heavy atom. The number of benzene rings is 1. The summed E-state index contributed by atoms with van der Waals surface area (Å²) in [4.78, 5) is 16.0. The lowest BCUT2D eigenvalue weighted by molar-refractivity contribution is -0.121. The second-order valence-corrected chi connectivity index (χ2v) is 5.56. The van der Waals surface area contributed by atoms with Gasteiger partial charge in [-0.1, -0.05) is 6.07 Å². The van der Waals surface area contributed by atoms with E-state index in [1.54, 1.807) is 6.92 Å². The Morgan fingerprint density at radius 1 is 1.40 bits per heavy atom. The highest BCUT2D eigenvalue weighted by molar-refractivity contribution is 7.09. The lowest BCUT2D eigenvalue weighted by atomic mass is 10.1. The fourth-order valence-corrected chi connectivity index (χ4v) is 2.42. The van der Waals surface area contributed by atoms with Crippen molar-refractivity contribution < 1.29 is 13.6 Å². The van der Waals surface area contributed by atoms with Gasteiger partial charge >= 0.3 is 0 Å². The molecule has 106 valence electrons. The molecular weight excluding hydrogens is 282 g/mol. The number of carbonyl (C=O) groups excluding carboxylic acids is 1. The van der Waals surface area contributed by atoms with E-state index in [0.29, 0.717) is 11.3 Å². The smallest absolute Gasteiger partial charge is 0.226 e. The number of amides is 1. The molecule has 0 saturated carbocycles. The first-order chi connectivity index (χ1) is 9.45. The highest BCUT2D eigenvalue weighted by Crippen LogP contribution is 2.16. The van der Waals surface area contributed by atoms with Crippen molar-refractivity contribution in [3.05, 3.63) is 51.5 Å². The number of aromatic nitrogens is 1. The molecule has 1 amide bonds. The molecule has 1 heterocycles. The van der Waals surface area contributed by atoms with Gasteiger partial charge in [0.05, 0.1) is 23.2 Å². The molecular formula is C14H14F2N2OS. The van der Waals surface area contributed by atoms with Crippen molar-refractivity contribution in [2.75, 3.05) is 0 Å². The van der Waals surface area contributed by atoms with E-state index in [9.17, 15) is 13.6 Å². The summed E-state index contributed by atoms with van der Waals surface area (Å²) in [6.45, 7) is 3.59. The summed E-state index contributed by atoms with van der Waals surface area (Å²) < 4.78 is 26.0. The summed E-state index contributed by atoms with van der Waals surface area (Å²) in [7, 11) is 0. The van der Waals surface area contributed by atoms with E-state index >= 15 is 0 Å². The lowest BCUT2D eigenvalue weighted by Gasteiger charge is -2.14. The molecule has 1 aromatic carbocycles. The van der Waals surface area contributed by atoms with Gasteiger partial charge in [-0.3, -0.25) is 4.79 Å². The van der Waals surface area contributed by atoms with Gasteiger partial charge in [0.15, 0.2) is 11.6 Å². The molecule has 6 heteroatoms. The number of thiazole rings is 1. The average molecular weight is 296 g/mol. The summed E-state index contributed by atoms with van der Waals surface area (Å²) in [5, 5.41) is 5.47. The zero-order valence-corrected chi connectivity index (χ0v) is 11.9. The Morgan fingerprint density at radius 2 is 2.15 bits per heavy atom. The molecule has 1 atom stereocenters. The van der Waals surface area contributed by atoms with E-state index in [1.165, 1.54) is 17.4 Å². The van der Waals surface area contributed by atoms with Crippen LogP contribution in [-0.4, -0.2) is 10.9 Å². The van der Waals surface area contributed by atoms with Crippen molar-refractivity contribution in [3.8, 4) is 0 Å². The van der Waals surface area contributed by atoms with Crippen LogP contribution in [0.1, 0.15) is 29.2 Å². The van der Waals surface area contributed by atoms with Crippen LogP contribution in [0.5, 0.6) is 0 Å². The highest BCUT2D eigenvalue weighted by Gasteiger charge is 2.13. The first kappa shape index (κ1) is 14.6. The maximum Gasteiger partial charge on any atom is 0.226 e. The van der Waals surface area contributed by atoms with E-state index in [1.807, 2.05) is 12.3 Å². The summed E-state index contributed by atoms with van der Waals surface area (Å²) in [5.41, 5.74) is 1.23. The molecule has 0 aliphatic carbocycles. The fourth-order valence-electron chi connectivity index (χ4n) is 1.81. The topological polar surface area (TPSA) is 42.0 Å². The Bertz CT molecular complexity index is 627. The number of aryl methyl sites for hydroxylation is 1. The average Bonchev–Trinajstić information content (AvgIpc) is 2.77. The van der Waals surface area contributed by atoms with E-state index in [0.717, 1.165) is 17.1 Å². The van der Waals surface area contributed by atoms with Gasteiger partial charge < -0.3 is 5.32 Å². The van der Waals surface area contributed by atoms with Crippen LogP contribution in [0, 0.1) is 18.6 Å². The number of nitrogens with zero attached hydrogens (tertiary/aromatic N) is 1. The third kappa shape index (κ3) is 3.60. The largest absolute Gasteiger partial charge is 0.349 e. The minimum atomic E-state index is -0.918. The van der Waals surface area contributed by atoms with Gasteiger partial charge in [-0.25, -0.2) is 13.8 Å². The van der Waals surface area contributed by atoms with Crippen molar-refractivity contribution in [2.24, 2.45) is 0 Å². The molecule has 1 N–H and O–H groups in total. The molecule has 0 saturated heterocycles. The molecule has 0 aliphatic rings. The molecule has 0 spiro atoms. The van der Waals surface area contributed by atoms with Crippen molar-refractivity contribution >= 4 is 17.2 Å². The maximum atomic E-state index is 13.1. The van der Waals surface area contributed by atoms with Gasteiger partial charge in [0.1, 0.15) is 0 Å². The van der Waals surface area contributed by atoms with E-state index < -0.39 is 17.7 Å². The standard InChI is InChI=1S/C14H14F2N2OS/c1-8(10-3-4-12(15)13(16)5-10)17-14(19)6-11-7-20-9(2)18-11/h3-5,7-8H,6H2,1-2H3,(H,17,19). The van der Waals surface area contributed by atoms with Gasteiger partial charge in [0.2, 0.25) is 5.91 Å². The fraction of sp³-hybridized carbons (Fsp3) is 0.286. The third-order valence-corrected chi connectivity index (χ3v) is 3.65. The summed E-state index contributed by atoms with van der Waals surface area (Å²) in [6, 6.07) is 3.21. The predicted molar refractivity (Wildman–Crippen MR) is 73.5 cm³/mol. The van der Waals surface area contributed by atoms with Crippen molar-refractivity contribution in [1.82, 2.24) is 10.3 Å². The Hall–Kier alpha value is -1.82. The molecule has 0 bridgehead atoms. The minimum Gasteiger partial charge on any atom is -0.349 e. The second kappa shape index (κ2) is 6.09. The zero-order valence-electron chi connectivity index (χ0n) is 11.1. The molecule has 20 heavy (non-hydrogen) atoms. The second-order valence-electron chi connectivity index (χ2n) is 4.50. The monoisotopic (exact) mass is 296 g/mol. The van der Waals surface area contributed by atoms with Gasteiger partial charge in [0, 0.05) is 5.38 Å². The zero-order chi connectivity index (χ0) is 14.7. The van der Waals surface area contributed by atoms with Gasteiger partial charge in [0.25, 0.3) is 0 Å². The quantitative estimate of drug-likeness (QED) is 0.941. The Labute approximate surface area is 119 Å². The van der Waals surface area contributed by atoms with Crippen LogP contribution in [0.4, 0.5) is 8.78 Å². The number of nitrogens with one attached hydrogen (secondary N) is 1. The van der Waals surface area contributed by atoms with E-state index in [-0.39, 0.29) is 12.3 Å². The van der Waals surface area contributed by atoms with E-state index in [4.69, 9.17) is 0 Å². The number of carbonyl (C=O) groups is 1. The molecule has 1 unspecified atom stereocenters. The Kier molecular flexibility index (Phi) is 4.44. The highest BCUT2D eigenvalue weighted by atomic mass is 32.1. The number of halogens is 2. The Balaban J connectivity index is 1.98. The number of rotatable bonds is 4. The van der Waals surface area contributed by atoms with Gasteiger partial charge in [-0.15, -0.1) is 11.3 Å². The molecule has 1 aromatic heterocycles. The molecule has 0 aliphatic heterocycles. The van der Waals surface area contributed by atoms with Crippen molar-refractivity contribution in [3.63, 3.8) is 0 Å². The summed E-state index contributed by atoms with van der Waals surface area (Å²) in [6.07, 6.45) is 0.179. The van der Waals surface area contributed by atoms with Crippen LogP contribution in [0.3, 0.4) is 0 Å². The predicted octanol–water partition coefficient (Wildman–Crippen LogP) is 3.15. The first-order valence-corrected chi connectivity index (χ1v) is 6.99. The van der Waals surface area contributed by atoms with Crippen molar-refractivity contribution in [1.29, 1.82) is 0 Å². The molecule has 2 aromatic rings. The molecule has 0 radical (unpaired) electrons.